The van der Waals surface area contributed by atoms with Crippen molar-refractivity contribution in [2.24, 2.45) is 0 Å². The van der Waals surface area contributed by atoms with Gasteiger partial charge in [0.15, 0.2) is 5.01 Å². The second-order valence-electron chi connectivity index (χ2n) is 5.72. The topological polar surface area (TPSA) is 69.2 Å². The fourth-order valence-electron chi connectivity index (χ4n) is 2.76. The van der Waals surface area contributed by atoms with Gasteiger partial charge in [0.25, 0.3) is 0 Å². The van der Waals surface area contributed by atoms with Crippen LogP contribution in [-0.2, 0) is 9.59 Å². The molecule has 0 aliphatic heterocycles. The minimum atomic E-state index is -0.866. The van der Waals surface area contributed by atoms with Gasteiger partial charge in [-0.1, -0.05) is 42.7 Å². The number of nitrogens with zero attached hydrogens (tertiary/aromatic N) is 2. The molecule has 0 atom stereocenters. The molecule has 23 heavy (non-hydrogen) atoms. The molecule has 0 spiro atoms. The van der Waals surface area contributed by atoms with Crippen molar-refractivity contribution < 1.29 is 14.3 Å². The number of para-hydroxylation sites is 1. The highest BCUT2D eigenvalue weighted by Gasteiger charge is 2.22. The Hall–Kier alpha value is -2.08. The molecular formula is C17H18N2O3S. The molecule has 120 valence electrons. The zero-order valence-corrected chi connectivity index (χ0v) is 13.8. The Bertz CT molecular complexity index is 720. The minimum absolute atomic E-state index is 0.346. The molecule has 0 radical (unpaired) electrons. The van der Waals surface area contributed by atoms with Crippen LogP contribution in [0.4, 0.5) is 0 Å². The molecule has 3 rings (SSSR count). The van der Waals surface area contributed by atoms with Gasteiger partial charge >= 0.3 is 5.97 Å². The number of aromatic nitrogens is 2. The molecule has 0 N–H and O–H groups in total. The summed E-state index contributed by atoms with van der Waals surface area (Å²) in [5, 5.41) is 10.4. The van der Waals surface area contributed by atoms with E-state index in [4.69, 9.17) is 4.74 Å². The predicted molar refractivity (Wildman–Crippen MR) is 87.5 cm³/mol. The average Bonchev–Trinajstić information content (AvgIpc) is 3.06. The summed E-state index contributed by atoms with van der Waals surface area (Å²) < 4.78 is 5.17. The summed E-state index contributed by atoms with van der Waals surface area (Å²) >= 11 is 1.54. The highest BCUT2D eigenvalue weighted by Crippen LogP contribution is 2.38. The van der Waals surface area contributed by atoms with Gasteiger partial charge in [-0.3, -0.25) is 4.79 Å². The van der Waals surface area contributed by atoms with Gasteiger partial charge in [0.05, 0.1) is 5.56 Å². The van der Waals surface area contributed by atoms with Crippen LogP contribution in [0.2, 0.25) is 0 Å². The summed E-state index contributed by atoms with van der Waals surface area (Å²) in [7, 11) is 0. The van der Waals surface area contributed by atoms with Gasteiger partial charge < -0.3 is 4.74 Å². The molecular weight excluding hydrogens is 312 g/mol. The van der Waals surface area contributed by atoms with Crippen molar-refractivity contribution in [2.45, 2.75) is 44.9 Å². The maximum Gasteiger partial charge on any atom is 0.379 e. The molecule has 5 nitrogen and oxygen atoms in total. The SMILES string of the molecule is CC(=O)C(=O)Oc1ccccc1-c1nnc(C2CCCCC2)s1. The molecule has 2 aromatic rings. The first kappa shape index (κ1) is 15.8. The van der Waals surface area contributed by atoms with Crippen molar-refractivity contribution in [3.8, 4) is 16.3 Å². The van der Waals surface area contributed by atoms with Crippen LogP contribution in [-0.4, -0.2) is 21.9 Å². The third-order valence-corrected chi connectivity index (χ3v) is 5.12. The Balaban J connectivity index is 1.85. The van der Waals surface area contributed by atoms with Crippen LogP contribution in [0.5, 0.6) is 5.75 Å². The van der Waals surface area contributed by atoms with E-state index in [1.807, 2.05) is 12.1 Å². The second-order valence-corrected chi connectivity index (χ2v) is 6.73. The van der Waals surface area contributed by atoms with Gasteiger partial charge in [0.1, 0.15) is 10.8 Å². The number of ketones is 1. The molecule has 1 fully saturated rings. The van der Waals surface area contributed by atoms with Crippen molar-refractivity contribution in [3.63, 3.8) is 0 Å². The zero-order chi connectivity index (χ0) is 16.2. The lowest BCUT2D eigenvalue weighted by molar-refractivity contribution is -0.146. The minimum Gasteiger partial charge on any atom is -0.420 e. The van der Waals surface area contributed by atoms with Crippen molar-refractivity contribution in [1.82, 2.24) is 10.2 Å². The molecule has 6 heteroatoms. The van der Waals surface area contributed by atoms with E-state index in [0.717, 1.165) is 22.9 Å². The van der Waals surface area contributed by atoms with Crippen LogP contribution < -0.4 is 4.74 Å². The molecule has 0 bridgehead atoms. The van der Waals surface area contributed by atoms with Gasteiger partial charge in [-0.25, -0.2) is 4.79 Å². The fourth-order valence-corrected chi connectivity index (χ4v) is 3.80. The third kappa shape index (κ3) is 3.64. The Labute approximate surface area is 138 Å². The van der Waals surface area contributed by atoms with Crippen molar-refractivity contribution in [1.29, 1.82) is 0 Å². The van der Waals surface area contributed by atoms with E-state index in [-0.39, 0.29) is 0 Å². The molecule has 1 aliphatic rings. The van der Waals surface area contributed by atoms with Gasteiger partial charge in [0.2, 0.25) is 5.78 Å². The predicted octanol–water partition coefficient (Wildman–Crippen LogP) is 3.75. The van der Waals surface area contributed by atoms with Crippen LogP contribution in [0.15, 0.2) is 24.3 Å². The number of hydrogen-bond acceptors (Lipinski definition) is 6. The van der Waals surface area contributed by atoms with E-state index < -0.39 is 11.8 Å². The monoisotopic (exact) mass is 330 g/mol. The summed E-state index contributed by atoms with van der Waals surface area (Å²) in [6.07, 6.45) is 6.11. The molecule has 1 aliphatic carbocycles. The van der Waals surface area contributed by atoms with Crippen molar-refractivity contribution >= 4 is 23.1 Å². The van der Waals surface area contributed by atoms with Crippen LogP contribution in [0, 0.1) is 0 Å². The number of benzene rings is 1. The Kier molecular flexibility index (Phi) is 4.81. The molecule has 1 aromatic heterocycles. The van der Waals surface area contributed by atoms with Crippen molar-refractivity contribution in [2.75, 3.05) is 0 Å². The van der Waals surface area contributed by atoms with Crippen molar-refractivity contribution in [3.05, 3.63) is 29.3 Å². The molecule has 1 heterocycles. The standard InChI is InChI=1S/C17H18N2O3S/c1-11(20)17(21)22-14-10-6-5-9-13(14)16-19-18-15(23-16)12-7-3-2-4-8-12/h5-6,9-10,12H,2-4,7-8H2,1H3. The lowest BCUT2D eigenvalue weighted by Crippen LogP contribution is -2.17. The van der Waals surface area contributed by atoms with Crippen LogP contribution in [0.25, 0.3) is 10.6 Å². The molecule has 0 amide bonds. The molecule has 0 unspecified atom stereocenters. The lowest BCUT2D eigenvalue weighted by Gasteiger charge is -2.18. The Morgan fingerprint density at radius 1 is 1.13 bits per heavy atom. The van der Waals surface area contributed by atoms with E-state index in [1.54, 1.807) is 23.5 Å². The summed E-state index contributed by atoms with van der Waals surface area (Å²) in [5.74, 6) is -0.657. The highest BCUT2D eigenvalue weighted by atomic mass is 32.1. The van der Waals surface area contributed by atoms with Gasteiger partial charge in [-0.2, -0.15) is 0 Å². The van der Waals surface area contributed by atoms with Gasteiger partial charge in [0, 0.05) is 12.8 Å². The van der Waals surface area contributed by atoms with E-state index >= 15 is 0 Å². The third-order valence-electron chi connectivity index (χ3n) is 4.00. The Morgan fingerprint density at radius 2 is 1.87 bits per heavy atom. The molecule has 0 saturated heterocycles. The average molecular weight is 330 g/mol. The maximum absolute atomic E-state index is 11.5. The van der Waals surface area contributed by atoms with Crippen LogP contribution in [0.1, 0.15) is 50.0 Å². The lowest BCUT2D eigenvalue weighted by atomic mass is 9.90. The maximum atomic E-state index is 11.5. The number of Topliss-reactive ketones (excluding diaryl/α,β-unsaturated/α-hetero) is 1. The summed E-state index contributed by atoms with van der Waals surface area (Å²) in [6, 6.07) is 7.10. The Morgan fingerprint density at radius 3 is 2.61 bits per heavy atom. The van der Waals surface area contributed by atoms with Gasteiger partial charge in [-0.15, -0.1) is 10.2 Å². The number of hydrogen-bond donors (Lipinski definition) is 0. The normalized spacial score (nSPS) is 15.3. The van der Waals surface area contributed by atoms with Crippen LogP contribution >= 0.6 is 11.3 Å². The number of rotatable bonds is 4. The van der Waals surface area contributed by atoms with E-state index in [0.29, 0.717) is 17.2 Å². The molecule has 1 saturated carbocycles. The number of esters is 1. The summed E-state index contributed by atoms with van der Waals surface area (Å²) in [4.78, 5) is 22.7. The van der Waals surface area contributed by atoms with E-state index in [1.165, 1.54) is 26.2 Å². The smallest absolute Gasteiger partial charge is 0.379 e. The number of ether oxygens (including phenoxy) is 1. The first-order valence-corrected chi connectivity index (χ1v) is 8.62. The summed E-state index contributed by atoms with van der Waals surface area (Å²) in [6.45, 7) is 1.19. The molecule has 1 aromatic carbocycles. The van der Waals surface area contributed by atoms with E-state index in [2.05, 4.69) is 10.2 Å². The highest BCUT2D eigenvalue weighted by molar-refractivity contribution is 7.14. The van der Waals surface area contributed by atoms with E-state index in [9.17, 15) is 9.59 Å². The van der Waals surface area contributed by atoms with Crippen LogP contribution in [0.3, 0.4) is 0 Å². The largest absolute Gasteiger partial charge is 0.420 e. The summed E-state index contributed by atoms with van der Waals surface area (Å²) in [5.41, 5.74) is 0.696. The zero-order valence-electron chi connectivity index (χ0n) is 12.9. The quantitative estimate of drug-likeness (QED) is 0.485. The first-order valence-electron chi connectivity index (χ1n) is 7.80. The number of carbonyl (C=O) groups excluding carboxylic acids is 2. The first-order chi connectivity index (χ1) is 11.1. The second kappa shape index (κ2) is 7.00. The number of carbonyl (C=O) groups is 2. The van der Waals surface area contributed by atoms with Gasteiger partial charge in [-0.05, 0) is 25.0 Å². The fraction of sp³-hybridized carbons (Fsp3) is 0.412.